The standard InChI is InChI=1S/C17H21ClN4O/c18-15-4-1-3-14(13-15)17-20-6-5-16(21-17)19-7-9-22-8-2-11-23-12-10-22/h1,3-6,13H,2,7-12H2,(H,19,20,21). The topological polar surface area (TPSA) is 50.3 Å². The van der Waals surface area contributed by atoms with Gasteiger partial charge in [-0.15, -0.1) is 0 Å². The summed E-state index contributed by atoms with van der Waals surface area (Å²) in [5, 5.41) is 4.06. The largest absolute Gasteiger partial charge is 0.380 e. The fraction of sp³-hybridized carbons (Fsp3) is 0.412. The molecule has 5 nitrogen and oxygen atoms in total. The van der Waals surface area contributed by atoms with E-state index in [1.54, 1.807) is 6.20 Å². The van der Waals surface area contributed by atoms with E-state index in [0.717, 1.165) is 57.2 Å². The average molecular weight is 333 g/mol. The molecule has 0 bridgehead atoms. The summed E-state index contributed by atoms with van der Waals surface area (Å²) in [4.78, 5) is 11.3. The van der Waals surface area contributed by atoms with Crippen molar-refractivity contribution in [3.8, 4) is 11.4 Å². The van der Waals surface area contributed by atoms with Gasteiger partial charge in [-0.25, -0.2) is 9.97 Å². The summed E-state index contributed by atoms with van der Waals surface area (Å²) in [7, 11) is 0. The van der Waals surface area contributed by atoms with Crippen LogP contribution in [0.3, 0.4) is 0 Å². The Kier molecular flexibility index (Phi) is 5.80. The van der Waals surface area contributed by atoms with Crippen LogP contribution in [0.4, 0.5) is 5.82 Å². The Labute approximate surface area is 141 Å². The molecule has 0 spiro atoms. The van der Waals surface area contributed by atoms with E-state index in [9.17, 15) is 0 Å². The van der Waals surface area contributed by atoms with Crippen LogP contribution >= 0.6 is 11.6 Å². The van der Waals surface area contributed by atoms with Crippen LogP contribution in [0.5, 0.6) is 0 Å². The van der Waals surface area contributed by atoms with E-state index in [2.05, 4.69) is 20.2 Å². The highest BCUT2D eigenvalue weighted by atomic mass is 35.5. The van der Waals surface area contributed by atoms with Crippen molar-refractivity contribution in [2.75, 3.05) is 44.7 Å². The van der Waals surface area contributed by atoms with E-state index in [1.165, 1.54) is 0 Å². The van der Waals surface area contributed by atoms with Crippen LogP contribution in [-0.2, 0) is 4.74 Å². The molecule has 0 amide bonds. The van der Waals surface area contributed by atoms with Gasteiger partial charge in [-0.3, -0.25) is 4.90 Å². The summed E-state index contributed by atoms with van der Waals surface area (Å²) in [5.74, 6) is 1.52. The number of hydrogen-bond acceptors (Lipinski definition) is 5. The first-order valence-corrected chi connectivity index (χ1v) is 8.32. The predicted molar refractivity (Wildman–Crippen MR) is 92.8 cm³/mol. The monoisotopic (exact) mass is 332 g/mol. The van der Waals surface area contributed by atoms with Crippen LogP contribution in [0.2, 0.25) is 5.02 Å². The van der Waals surface area contributed by atoms with Crippen LogP contribution in [-0.4, -0.2) is 54.3 Å². The van der Waals surface area contributed by atoms with Crippen molar-refractivity contribution in [1.29, 1.82) is 0 Å². The number of rotatable bonds is 5. The lowest BCUT2D eigenvalue weighted by Gasteiger charge is -2.19. The molecule has 0 radical (unpaired) electrons. The third kappa shape index (κ3) is 4.89. The van der Waals surface area contributed by atoms with E-state index in [1.807, 2.05) is 30.3 Å². The zero-order valence-corrected chi connectivity index (χ0v) is 13.8. The number of nitrogens with one attached hydrogen (secondary N) is 1. The molecule has 1 N–H and O–H groups in total. The van der Waals surface area contributed by atoms with Gasteiger partial charge in [0.05, 0.1) is 6.61 Å². The van der Waals surface area contributed by atoms with E-state index in [0.29, 0.717) is 10.8 Å². The second kappa shape index (κ2) is 8.24. The Hall–Kier alpha value is -1.69. The third-order valence-corrected chi connectivity index (χ3v) is 4.02. The van der Waals surface area contributed by atoms with Gasteiger partial charge in [-0.05, 0) is 24.6 Å². The van der Waals surface area contributed by atoms with Crippen molar-refractivity contribution in [3.05, 3.63) is 41.6 Å². The van der Waals surface area contributed by atoms with Crippen molar-refractivity contribution in [1.82, 2.24) is 14.9 Å². The van der Waals surface area contributed by atoms with Gasteiger partial charge < -0.3 is 10.1 Å². The molecule has 1 saturated heterocycles. The number of nitrogens with zero attached hydrogens (tertiary/aromatic N) is 3. The highest BCUT2D eigenvalue weighted by Gasteiger charge is 2.09. The molecule has 0 unspecified atom stereocenters. The SMILES string of the molecule is Clc1cccc(-c2nccc(NCCN3CCCOCC3)n2)c1. The maximum Gasteiger partial charge on any atom is 0.161 e. The van der Waals surface area contributed by atoms with E-state index in [4.69, 9.17) is 16.3 Å². The summed E-state index contributed by atoms with van der Waals surface area (Å²) in [6.07, 6.45) is 2.87. The van der Waals surface area contributed by atoms with Gasteiger partial charge in [0.1, 0.15) is 5.82 Å². The molecule has 1 aliphatic rings. The van der Waals surface area contributed by atoms with Crippen LogP contribution < -0.4 is 5.32 Å². The van der Waals surface area contributed by atoms with E-state index >= 15 is 0 Å². The molecule has 2 heterocycles. The molecule has 1 aliphatic heterocycles. The van der Waals surface area contributed by atoms with Gasteiger partial charge in [0.15, 0.2) is 5.82 Å². The second-order valence-corrected chi connectivity index (χ2v) is 5.95. The van der Waals surface area contributed by atoms with Gasteiger partial charge in [-0.2, -0.15) is 0 Å². The number of hydrogen-bond donors (Lipinski definition) is 1. The fourth-order valence-electron chi connectivity index (χ4n) is 2.59. The van der Waals surface area contributed by atoms with E-state index < -0.39 is 0 Å². The molecule has 2 aromatic rings. The molecular weight excluding hydrogens is 312 g/mol. The molecule has 0 aliphatic carbocycles. The second-order valence-electron chi connectivity index (χ2n) is 5.51. The van der Waals surface area contributed by atoms with E-state index in [-0.39, 0.29) is 0 Å². The minimum Gasteiger partial charge on any atom is -0.380 e. The number of halogens is 1. The smallest absolute Gasteiger partial charge is 0.161 e. The zero-order valence-electron chi connectivity index (χ0n) is 13.0. The zero-order chi connectivity index (χ0) is 15.9. The minimum absolute atomic E-state index is 0.681. The van der Waals surface area contributed by atoms with Crippen molar-refractivity contribution >= 4 is 17.4 Å². The predicted octanol–water partition coefficient (Wildman–Crippen LogP) is 2.93. The maximum atomic E-state index is 6.03. The Morgan fingerprint density at radius 2 is 2.17 bits per heavy atom. The van der Waals surface area contributed by atoms with Crippen LogP contribution in [0.1, 0.15) is 6.42 Å². The molecule has 122 valence electrons. The Morgan fingerprint density at radius 1 is 1.22 bits per heavy atom. The summed E-state index contributed by atoms with van der Waals surface area (Å²) in [5.41, 5.74) is 0.922. The maximum absolute atomic E-state index is 6.03. The van der Waals surface area contributed by atoms with Crippen LogP contribution in [0, 0.1) is 0 Å². The van der Waals surface area contributed by atoms with Gasteiger partial charge in [0, 0.05) is 49.6 Å². The van der Waals surface area contributed by atoms with Gasteiger partial charge in [0.2, 0.25) is 0 Å². The molecule has 23 heavy (non-hydrogen) atoms. The first kappa shape index (κ1) is 16.2. The number of ether oxygens (including phenoxy) is 1. The van der Waals surface area contributed by atoms with Crippen LogP contribution in [0.25, 0.3) is 11.4 Å². The molecule has 1 fully saturated rings. The Bertz CT molecular complexity index is 629. The molecule has 0 atom stereocenters. The first-order valence-electron chi connectivity index (χ1n) is 7.94. The first-order chi connectivity index (χ1) is 11.3. The minimum atomic E-state index is 0.681. The number of benzene rings is 1. The molecule has 3 rings (SSSR count). The van der Waals surface area contributed by atoms with Crippen molar-refractivity contribution in [2.24, 2.45) is 0 Å². The van der Waals surface area contributed by atoms with Gasteiger partial charge in [-0.1, -0.05) is 23.7 Å². The normalized spacial score (nSPS) is 16.0. The van der Waals surface area contributed by atoms with Gasteiger partial charge >= 0.3 is 0 Å². The van der Waals surface area contributed by atoms with Crippen LogP contribution in [0.15, 0.2) is 36.5 Å². The van der Waals surface area contributed by atoms with Gasteiger partial charge in [0.25, 0.3) is 0 Å². The van der Waals surface area contributed by atoms with Crippen molar-refractivity contribution in [2.45, 2.75) is 6.42 Å². The molecule has 1 aromatic carbocycles. The molecule has 1 aromatic heterocycles. The molecular formula is C17H21ClN4O. The van der Waals surface area contributed by atoms with Crippen molar-refractivity contribution in [3.63, 3.8) is 0 Å². The average Bonchev–Trinajstić information content (AvgIpc) is 2.84. The van der Waals surface area contributed by atoms with Crippen molar-refractivity contribution < 1.29 is 4.74 Å². The molecule has 0 saturated carbocycles. The summed E-state index contributed by atoms with van der Waals surface area (Å²) in [6.45, 7) is 5.63. The lowest BCUT2D eigenvalue weighted by Crippen LogP contribution is -2.31. The Balaban J connectivity index is 1.57. The Morgan fingerprint density at radius 3 is 3.09 bits per heavy atom. The quantitative estimate of drug-likeness (QED) is 0.912. The lowest BCUT2D eigenvalue weighted by molar-refractivity contribution is 0.142. The molecule has 6 heteroatoms. The lowest BCUT2D eigenvalue weighted by atomic mass is 10.2. The summed E-state index contributed by atoms with van der Waals surface area (Å²) >= 11 is 6.03. The summed E-state index contributed by atoms with van der Waals surface area (Å²) in [6, 6.07) is 9.47. The summed E-state index contributed by atoms with van der Waals surface area (Å²) < 4.78 is 5.47. The number of anilines is 1. The highest BCUT2D eigenvalue weighted by Crippen LogP contribution is 2.20. The highest BCUT2D eigenvalue weighted by molar-refractivity contribution is 6.30. The fourth-order valence-corrected chi connectivity index (χ4v) is 2.78. The number of aromatic nitrogens is 2. The third-order valence-electron chi connectivity index (χ3n) is 3.79.